The van der Waals surface area contributed by atoms with Crippen LogP contribution in [-0.2, 0) is 4.79 Å². The first kappa shape index (κ1) is 19.1. The summed E-state index contributed by atoms with van der Waals surface area (Å²) in [5.41, 5.74) is 2.15. The van der Waals surface area contributed by atoms with E-state index >= 15 is 0 Å². The number of carbonyl (C=O) groups is 2. The van der Waals surface area contributed by atoms with Crippen LogP contribution in [0.5, 0.6) is 0 Å². The Labute approximate surface area is 169 Å². The number of halogens is 2. The van der Waals surface area contributed by atoms with Crippen molar-refractivity contribution in [1.29, 1.82) is 0 Å². The second-order valence-electron chi connectivity index (χ2n) is 6.29. The molecule has 0 aliphatic carbocycles. The van der Waals surface area contributed by atoms with E-state index in [1.165, 1.54) is 12.1 Å². The lowest BCUT2D eigenvalue weighted by atomic mass is 9.95. The van der Waals surface area contributed by atoms with Crippen LogP contribution in [0.3, 0.4) is 0 Å². The van der Waals surface area contributed by atoms with E-state index in [0.717, 1.165) is 22.7 Å². The fourth-order valence-corrected chi connectivity index (χ4v) is 4.25. The van der Waals surface area contributed by atoms with E-state index < -0.39 is 17.5 Å². The number of carbonyl (C=O) groups excluding carboxylic acids is 2. The molecule has 0 saturated carbocycles. The molecule has 1 aliphatic rings. The quantitative estimate of drug-likeness (QED) is 0.625. The molecular weight excluding hydrogens is 396 g/mol. The van der Waals surface area contributed by atoms with E-state index in [2.05, 4.69) is 10.2 Å². The Hall–Kier alpha value is -3.26. The maximum Gasteiger partial charge on any atom is 0.293 e. The highest BCUT2D eigenvalue weighted by Gasteiger charge is 2.37. The molecule has 146 valence electrons. The maximum absolute atomic E-state index is 13.8. The van der Waals surface area contributed by atoms with Gasteiger partial charge in [0.05, 0.1) is 4.91 Å². The second-order valence-corrected chi connectivity index (χ2v) is 7.25. The minimum Gasteiger partial charge on any atom is -0.284 e. The molecule has 3 aromatic rings. The van der Waals surface area contributed by atoms with Gasteiger partial charge in [-0.15, -0.1) is 0 Å². The van der Waals surface area contributed by atoms with Gasteiger partial charge in [0.25, 0.3) is 11.1 Å². The van der Waals surface area contributed by atoms with Gasteiger partial charge < -0.3 is 0 Å². The third-order valence-corrected chi connectivity index (χ3v) is 5.48. The third kappa shape index (κ3) is 3.47. The fraction of sp³-hybridized carbons (Fsp3) is 0.0952. The van der Waals surface area contributed by atoms with E-state index in [1.54, 1.807) is 37.4 Å². The molecule has 1 N–H and O–H groups in total. The molecule has 1 aromatic heterocycles. The van der Waals surface area contributed by atoms with Gasteiger partial charge in [-0.05, 0) is 36.4 Å². The van der Waals surface area contributed by atoms with Gasteiger partial charge in [-0.25, -0.2) is 8.78 Å². The Morgan fingerprint density at radius 1 is 1.10 bits per heavy atom. The number of thioether (sulfide) groups is 1. The lowest BCUT2D eigenvalue weighted by Gasteiger charge is -2.12. The van der Waals surface area contributed by atoms with E-state index in [1.807, 2.05) is 6.07 Å². The van der Waals surface area contributed by atoms with Crippen molar-refractivity contribution < 1.29 is 18.4 Å². The highest BCUT2D eigenvalue weighted by molar-refractivity contribution is 8.18. The van der Waals surface area contributed by atoms with Gasteiger partial charge in [-0.1, -0.05) is 30.3 Å². The molecule has 4 rings (SSSR count). The Morgan fingerprint density at radius 2 is 1.79 bits per heavy atom. The Bertz CT molecular complexity index is 1120. The predicted octanol–water partition coefficient (Wildman–Crippen LogP) is 4.83. The van der Waals surface area contributed by atoms with Crippen molar-refractivity contribution in [3.05, 3.63) is 82.4 Å². The molecule has 2 aromatic carbocycles. The van der Waals surface area contributed by atoms with Crippen molar-refractivity contribution >= 4 is 28.5 Å². The van der Waals surface area contributed by atoms with Crippen LogP contribution >= 0.6 is 11.8 Å². The summed E-state index contributed by atoms with van der Waals surface area (Å²) in [6.07, 6.45) is 1.56. The van der Waals surface area contributed by atoms with Crippen molar-refractivity contribution in [2.45, 2.75) is 6.92 Å². The van der Waals surface area contributed by atoms with Crippen LogP contribution in [0.1, 0.15) is 18.1 Å². The van der Waals surface area contributed by atoms with Gasteiger partial charge in [0.2, 0.25) is 0 Å². The van der Waals surface area contributed by atoms with Crippen LogP contribution in [0.4, 0.5) is 13.6 Å². The number of rotatable bonds is 4. The van der Waals surface area contributed by atoms with Crippen LogP contribution in [0.25, 0.3) is 16.8 Å². The van der Waals surface area contributed by atoms with E-state index in [-0.39, 0.29) is 27.9 Å². The first-order chi connectivity index (χ1) is 14.0. The zero-order valence-corrected chi connectivity index (χ0v) is 16.1. The Kier molecular flexibility index (Phi) is 5.02. The summed E-state index contributed by atoms with van der Waals surface area (Å²) in [6, 6.07) is 12.2. The Balaban J connectivity index is 1.96. The predicted molar refractivity (Wildman–Crippen MR) is 107 cm³/mol. The van der Waals surface area contributed by atoms with E-state index in [9.17, 15) is 18.4 Å². The molecule has 0 unspecified atom stereocenters. The summed E-state index contributed by atoms with van der Waals surface area (Å²) in [7, 11) is 0. The number of hydrogen-bond acceptors (Lipinski definition) is 4. The topological polar surface area (TPSA) is 66.1 Å². The average molecular weight is 411 g/mol. The summed E-state index contributed by atoms with van der Waals surface area (Å²) in [6.45, 7) is 1.98. The molecule has 0 atom stereocenters. The van der Waals surface area contributed by atoms with Crippen molar-refractivity contribution in [3.8, 4) is 11.3 Å². The summed E-state index contributed by atoms with van der Waals surface area (Å²) < 4.78 is 27.6. The number of nitrogens with one attached hydrogen (secondary N) is 1. The minimum absolute atomic E-state index is 0.224. The number of H-pyrrole nitrogens is 1. The highest BCUT2D eigenvalue weighted by Crippen LogP contribution is 2.41. The van der Waals surface area contributed by atoms with Crippen molar-refractivity contribution in [1.82, 2.24) is 15.1 Å². The molecular formula is C21H15F2N3O2S. The number of imide groups is 1. The molecule has 0 radical (unpaired) electrons. The molecule has 29 heavy (non-hydrogen) atoms. The summed E-state index contributed by atoms with van der Waals surface area (Å²) in [5.74, 6) is -1.87. The molecule has 1 saturated heterocycles. The van der Waals surface area contributed by atoms with Crippen molar-refractivity contribution in [2.75, 3.05) is 6.54 Å². The zero-order chi connectivity index (χ0) is 20.5. The largest absolute Gasteiger partial charge is 0.293 e. The number of aromatic nitrogens is 2. The van der Waals surface area contributed by atoms with Crippen LogP contribution < -0.4 is 0 Å². The molecule has 0 spiro atoms. The molecule has 2 amide bonds. The van der Waals surface area contributed by atoms with E-state index in [0.29, 0.717) is 16.7 Å². The SMILES string of the molecule is CCN1C(=O)SC(=C(c2ccccc2)c2c[nH]nc2-c2cc(F)cc(F)c2)C1=O. The van der Waals surface area contributed by atoms with Crippen LogP contribution in [0.2, 0.25) is 0 Å². The van der Waals surface area contributed by atoms with Gasteiger partial charge in [0, 0.05) is 35.5 Å². The second kappa shape index (κ2) is 7.63. The molecule has 5 nitrogen and oxygen atoms in total. The van der Waals surface area contributed by atoms with Gasteiger partial charge >= 0.3 is 0 Å². The highest BCUT2D eigenvalue weighted by atomic mass is 32.2. The third-order valence-electron chi connectivity index (χ3n) is 4.50. The molecule has 8 heteroatoms. The van der Waals surface area contributed by atoms with Crippen LogP contribution in [0, 0.1) is 11.6 Å². The van der Waals surface area contributed by atoms with Gasteiger partial charge in [-0.3, -0.25) is 19.6 Å². The molecule has 1 fully saturated rings. The number of amides is 2. The van der Waals surface area contributed by atoms with Crippen LogP contribution in [0.15, 0.2) is 59.6 Å². The monoisotopic (exact) mass is 411 g/mol. The number of likely N-dealkylation sites (N-methyl/N-ethyl adjacent to an activating group) is 1. The van der Waals surface area contributed by atoms with Gasteiger partial charge in [0.15, 0.2) is 0 Å². The summed E-state index contributed by atoms with van der Waals surface area (Å²) in [5, 5.41) is 6.51. The number of aromatic amines is 1. The van der Waals surface area contributed by atoms with Crippen molar-refractivity contribution in [3.63, 3.8) is 0 Å². The summed E-state index contributed by atoms with van der Waals surface area (Å²) in [4.78, 5) is 26.6. The standard InChI is InChI=1S/C21H15F2N3O2S/c1-2-26-20(27)19(29-21(26)28)17(12-6-4-3-5-7-12)16-11-24-25-18(16)13-8-14(22)10-15(23)9-13/h3-11H,2H2,1H3,(H,24,25). The van der Waals surface area contributed by atoms with Gasteiger partial charge in [0.1, 0.15) is 17.3 Å². The maximum atomic E-state index is 13.8. The molecule has 2 heterocycles. The fourth-order valence-electron chi connectivity index (χ4n) is 3.23. The van der Waals surface area contributed by atoms with Gasteiger partial charge in [-0.2, -0.15) is 5.10 Å². The zero-order valence-electron chi connectivity index (χ0n) is 15.3. The number of benzene rings is 2. The van der Waals surface area contributed by atoms with Crippen molar-refractivity contribution in [2.24, 2.45) is 0 Å². The smallest absolute Gasteiger partial charge is 0.284 e. The lowest BCUT2D eigenvalue weighted by Crippen LogP contribution is -2.27. The average Bonchev–Trinajstić information content (AvgIpc) is 3.27. The first-order valence-electron chi connectivity index (χ1n) is 8.83. The summed E-state index contributed by atoms with van der Waals surface area (Å²) >= 11 is 0.845. The molecule has 1 aliphatic heterocycles. The number of nitrogens with zero attached hydrogens (tertiary/aromatic N) is 2. The minimum atomic E-state index is -0.735. The first-order valence-corrected chi connectivity index (χ1v) is 9.65. The lowest BCUT2D eigenvalue weighted by molar-refractivity contribution is -0.122. The van der Waals surface area contributed by atoms with E-state index in [4.69, 9.17) is 0 Å². The Morgan fingerprint density at radius 3 is 2.41 bits per heavy atom. The normalized spacial score (nSPS) is 15.9. The molecule has 0 bridgehead atoms. The van der Waals surface area contributed by atoms with Crippen LogP contribution in [-0.4, -0.2) is 32.8 Å². The number of hydrogen-bond donors (Lipinski definition) is 1.